The molecule has 0 aliphatic carbocycles. The number of rotatable bonds is 6. The fourth-order valence-corrected chi connectivity index (χ4v) is 4.05. The van der Waals surface area contributed by atoms with Gasteiger partial charge in [-0.25, -0.2) is 23.7 Å². The highest BCUT2D eigenvalue weighted by Crippen LogP contribution is 2.38. The number of carbonyl (C=O) groups excluding carboxylic acids is 1. The molecule has 13 heteroatoms. The summed E-state index contributed by atoms with van der Waals surface area (Å²) in [5, 5.41) is 11.1. The molecule has 0 fully saturated rings. The minimum absolute atomic E-state index is 0.0516. The molecule has 0 saturated heterocycles. The normalized spacial score (nSPS) is 11.1. The van der Waals surface area contributed by atoms with Gasteiger partial charge in [0.25, 0.3) is 5.91 Å². The summed E-state index contributed by atoms with van der Waals surface area (Å²) in [6.45, 7) is 2.98. The Labute approximate surface area is 218 Å². The standard InChI is InChI=1S/C26H17F2N9O2/c1-14(27)25(38)34-17-5-2-15(3-6-17)22-21(23-24(29)32-13-33-37(23)35-22)16-4-7-19(18(28)12-16)39-26-31-9-8-20-30-10-11-36(20)26/h2-13H,1H2,(H,34,38)(H2,29,32,33). The number of hydrogen-bond donors (Lipinski definition) is 2. The van der Waals surface area contributed by atoms with Gasteiger partial charge in [-0.15, -0.1) is 14.8 Å². The van der Waals surface area contributed by atoms with Gasteiger partial charge in [0.15, 0.2) is 23.2 Å². The van der Waals surface area contributed by atoms with E-state index in [0.29, 0.717) is 39.2 Å². The molecule has 0 saturated carbocycles. The number of nitrogens with one attached hydrogen (secondary N) is 1. The molecular weight excluding hydrogens is 508 g/mol. The maximum atomic E-state index is 15.4. The topological polar surface area (TPSA) is 138 Å². The van der Waals surface area contributed by atoms with Crippen LogP contribution in [0.3, 0.4) is 0 Å². The van der Waals surface area contributed by atoms with Crippen LogP contribution in [0.4, 0.5) is 20.3 Å². The van der Waals surface area contributed by atoms with E-state index in [4.69, 9.17) is 10.5 Å². The molecule has 192 valence electrons. The minimum atomic E-state index is -1.11. The van der Waals surface area contributed by atoms with Gasteiger partial charge in [-0.2, -0.15) is 0 Å². The van der Waals surface area contributed by atoms with E-state index in [1.807, 2.05) is 0 Å². The summed E-state index contributed by atoms with van der Waals surface area (Å²) in [4.78, 5) is 24.0. The number of halogens is 2. The number of amides is 1. The molecule has 0 aliphatic rings. The van der Waals surface area contributed by atoms with Crippen LogP contribution in [0, 0.1) is 5.82 Å². The zero-order valence-corrected chi connectivity index (χ0v) is 19.9. The Bertz CT molecular complexity index is 1900. The van der Waals surface area contributed by atoms with E-state index < -0.39 is 17.6 Å². The number of ether oxygens (including phenoxy) is 1. The Morgan fingerprint density at radius 2 is 1.82 bits per heavy atom. The van der Waals surface area contributed by atoms with E-state index >= 15 is 4.39 Å². The molecule has 1 amide bonds. The van der Waals surface area contributed by atoms with Crippen LogP contribution in [-0.4, -0.2) is 40.1 Å². The molecule has 0 radical (unpaired) electrons. The zero-order valence-electron chi connectivity index (χ0n) is 19.9. The molecule has 2 aromatic carbocycles. The van der Waals surface area contributed by atoms with Crippen molar-refractivity contribution in [3.8, 4) is 34.1 Å². The van der Waals surface area contributed by atoms with Crippen molar-refractivity contribution in [1.29, 1.82) is 0 Å². The monoisotopic (exact) mass is 525 g/mol. The number of nitrogen functional groups attached to an aromatic ring is 1. The third-order valence-electron chi connectivity index (χ3n) is 5.84. The highest BCUT2D eigenvalue weighted by molar-refractivity contribution is 6.02. The second-order valence-corrected chi connectivity index (χ2v) is 8.27. The van der Waals surface area contributed by atoms with Crippen molar-refractivity contribution in [2.24, 2.45) is 0 Å². The number of imidazole rings is 1. The number of fused-ring (bicyclic) bond motifs is 2. The van der Waals surface area contributed by atoms with E-state index in [0.717, 1.165) is 0 Å². The third kappa shape index (κ3) is 4.27. The SMILES string of the molecule is C=C(F)C(=O)Nc1ccc(-c2nn3ncnc(N)c3c2-c2ccc(Oc3nccc4nccn34)c(F)c2)cc1. The fraction of sp³-hybridized carbons (Fsp3) is 0. The van der Waals surface area contributed by atoms with Crippen molar-refractivity contribution >= 4 is 28.6 Å². The van der Waals surface area contributed by atoms with Gasteiger partial charge >= 0.3 is 6.01 Å². The second-order valence-electron chi connectivity index (χ2n) is 8.27. The molecule has 11 nitrogen and oxygen atoms in total. The molecule has 4 aromatic heterocycles. The van der Waals surface area contributed by atoms with Gasteiger partial charge in [-0.05, 0) is 35.9 Å². The highest BCUT2D eigenvalue weighted by atomic mass is 19.1. The number of nitrogens with zero attached hydrogens (tertiary/aromatic N) is 7. The first-order valence-electron chi connectivity index (χ1n) is 11.4. The van der Waals surface area contributed by atoms with Crippen molar-refractivity contribution in [2.75, 3.05) is 11.1 Å². The summed E-state index contributed by atoms with van der Waals surface area (Å²) in [5.74, 6) is -2.62. The molecule has 0 aliphatic heterocycles. The summed E-state index contributed by atoms with van der Waals surface area (Å²) in [5.41, 5.74) is 9.42. The Balaban J connectivity index is 1.41. The summed E-state index contributed by atoms with van der Waals surface area (Å²) in [6, 6.07) is 12.7. The molecule has 0 bridgehead atoms. The van der Waals surface area contributed by atoms with Crippen LogP contribution < -0.4 is 15.8 Å². The van der Waals surface area contributed by atoms with Crippen LogP contribution in [0.1, 0.15) is 0 Å². The van der Waals surface area contributed by atoms with Crippen LogP contribution in [0.5, 0.6) is 11.8 Å². The molecule has 4 heterocycles. The van der Waals surface area contributed by atoms with Gasteiger partial charge in [0.1, 0.15) is 23.2 Å². The maximum absolute atomic E-state index is 15.4. The van der Waals surface area contributed by atoms with E-state index in [1.165, 1.54) is 29.3 Å². The lowest BCUT2D eigenvalue weighted by molar-refractivity contribution is -0.114. The average molecular weight is 525 g/mol. The van der Waals surface area contributed by atoms with Crippen molar-refractivity contribution in [2.45, 2.75) is 0 Å². The molecule has 3 N–H and O–H groups in total. The predicted octanol–water partition coefficient (Wildman–Crippen LogP) is 4.44. The number of hydrogen-bond acceptors (Lipinski definition) is 8. The first-order chi connectivity index (χ1) is 18.9. The van der Waals surface area contributed by atoms with Gasteiger partial charge < -0.3 is 15.8 Å². The summed E-state index contributed by atoms with van der Waals surface area (Å²) in [6.07, 6.45) is 6.01. The first kappa shape index (κ1) is 23.7. The van der Waals surface area contributed by atoms with Gasteiger partial charge in [-0.1, -0.05) is 24.8 Å². The molecule has 6 rings (SSSR count). The summed E-state index contributed by atoms with van der Waals surface area (Å²) < 4.78 is 37.1. The molecular formula is C26H17F2N9O2. The van der Waals surface area contributed by atoms with Gasteiger partial charge in [0, 0.05) is 35.4 Å². The molecule has 39 heavy (non-hydrogen) atoms. The minimum Gasteiger partial charge on any atom is -0.422 e. The van der Waals surface area contributed by atoms with Crippen LogP contribution in [0.2, 0.25) is 0 Å². The Morgan fingerprint density at radius 3 is 2.59 bits per heavy atom. The maximum Gasteiger partial charge on any atom is 0.307 e. The van der Waals surface area contributed by atoms with Crippen LogP contribution in [0.25, 0.3) is 33.5 Å². The lowest BCUT2D eigenvalue weighted by Gasteiger charge is -2.10. The summed E-state index contributed by atoms with van der Waals surface area (Å²) in [7, 11) is 0. The number of anilines is 2. The zero-order chi connectivity index (χ0) is 27.1. The van der Waals surface area contributed by atoms with E-state index in [1.54, 1.807) is 53.2 Å². The average Bonchev–Trinajstić information content (AvgIpc) is 3.56. The van der Waals surface area contributed by atoms with E-state index in [2.05, 4.69) is 37.0 Å². The molecule has 0 unspecified atom stereocenters. The Morgan fingerprint density at radius 1 is 1.03 bits per heavy atom. The number of nitrogens with two attached hydrogens (primary N) is 1. The lowest BCUT2D eigenvalue weighted by atomic mass is 9.99. The van der Waals surface area contributed by atoms with Crippen molar-refractivity contribution in [1.82, 2.24) is 34.2 Å². The van der Waals surface area contributed by atoms with Crippen LogP contribution >= 0.6 is 0 Å². The van der Waals surface area contributed by atoms with Crippen molar-refractivity contribution < 1.29 is 18.3 Å². The van der Waals surface area contributed by atoms with E-state index in [-0.39, 0.29) is 17.6 Å². The highest BCUT2D eigenvalue weighted by Gasteiger charge is 2.22. The fourth-order valence-electron chi connectivity index (χ4n) is 4.05. The lowest BCUT2D eigenvalue weighted by Crippen LogP contribution is -2.10. The van der Waals surface area contributed by atoms with Gasteiger partial charge in [0.2, 0.25) is 0 Å². The number of aromatic nitrogens is 7. The van der Waals surface area contributed by atoms with Crippen LogP contribution in [-0.2, 0) is 4.79 Å². The first-order valence-corrected chi connectivity index (χ1v) is 11.4. The second kappa shape index (κ2) is 9.30. The van der Waals surface area contributed by atoms with E-state index in [9.17, 15) is 9.18 Å². The smallest absolute Gasteiger partial charge is 0.307 e. The van der Waals surface area contributed by atoms with Gasteiger partial charge in [0.05, 0.1) is 0 Å². The number of benzene rings is 2. The summed E-state index contributed by atoms with van der Waals surface area (Å²) >= 11 is 0. The third-order valence-corrected chi connectivity index (χ3v) is 5.84. The van der Waals surface area contributed by atoms with Crippen LogP contribution in [0.15, 0.2) is 85.9 Å². The molecule has 6 aromatic rings. The van der Waals surface area contributed by atoms with Crippen molar-refractivity contribution in [3.63, 3.8) is 0 Å². The Kier molecular flexibility index (Phi) is 5.64. The quantitative estimate of drug-likeness (QED) is 0.305. The van der Waals surface area contributed by atoms with Gasteiger partial charge in [-0.3, -0.25) is 9.20 Å². The predicted molar refractivity (Wildman–Crippen MR) is 138 cm³/mol. The Hall–Kier alpha value is -5.72. The van der Waals surface area contributed by atoms with Crippen molar-refractivity contribution in [3.05, 3.63) is 91.7 Å². The number of carbonyl (C=O) groups is 1. The molecule has 0 spiro atoms. The molecule has 0 atom stereocenters. The largest absolute Gasteiger partial charge is 0.422 e.